The molecule has 90 heavy (non-hydrogen) atoms. The standard InChI is InChI=1S/C18H14N2.C16H12N2O.C12H7F3N.C11H8N.C9H6NS.C5H8O2.4Ir.Pt/c1-18(2)16-6-4-3-5-14(16)15-8-7-13(11-17(15)18)20-10-9-19-12-20;1-17-9-10-18(11-17)14-7-4-6-13-12-5-2-3-8-15(12)19-16(13)14;13-12(14,15)10-6-4-9(5-7-10)11-3-1-2-8-16-11;1-2-6-10(7-3-1)11-8-4-5-9-12-11;1-2-6-10-8(4-1)9-5-3-7-11-9;1-4(6)3-5(2)7;;;;;/h3-6,8-11H,1-2H3;2-6,8-11H,1H3;1-4,6-8H;1-6,8-9H;1-4,6-7H;3,6H,1-2H3;;;;;/q2*-2;3*-1;;;;;;. The van der Waals surface area contributed by atoms with Gasteiger partial charge in [0, 0.05) is 143 Å². The summed E-state index contributed by atoms with van der Waals surface area (Å²) < 4.78 is 44.7. The van der Waals surface area contributed by atoms with Gasteiger partial charge in [-0.25, -0.2) is 17.4 Å². The fraction of sp³-hybridized carbons (Fsp3) is 0.0986. The van der Waals surface area contributed by atoms with Crippen molar-refractivity contribution in [2.45, 2.75) is 39.3 Å². The normalized spacial score (nSPS) is 11.9. The Kier molecular flexibility index (Phi) is 30.4. The predicted molar refractivity (Wildman–Crippen MR) is 331 cm³/mol. The van der Waals surface area contributed by atoms with E-state index in [0.717, 1.165) is 67.3 Å². The molecule has 0 fully saturated rings. The van der Waals surface area contributed by atoms with Gasteiger partial charge in [-0.1, -0.05) is 127 Å². The van der Waals surface area contributed by atoms with Crippen molar-refractivity contribution in [2.75, 3.05) is 11.9 Å². The smallest absolute Gasteiger partial charge is 0.381 e. The Morgan fingerprint density at radius 1 is 0.656 bits per heavy atom. The number of nitrogens with zero attached hydrogens (tertiary/aromatic N) is 7. The number of ketones is 1. The molecule has 19 heteroatoms. The van der Waals surface area contributed by atoms with E-state index in [9.17, 15) is 18.0 Å². The van der Waals surface area contributed by atoms with Gasteiger partial charge >= 0.3 is 6.18 Å². The van der Waals surface area contributed by atoms with Crippen LogP contribution in [0.25, 0.3) is 71.8 Å². The van der Waals surface area contributed by atoms with E-state index < -0.39 is 11.7 Å². The van der Waals surface area contributed by atoms with Gasteiger partial charge in [0.05, 0.1) is 5.76 Å². The summed E-state index contributed by atoms with van der Waals surface area (Å²) in [6, 6.07) is 70.5. The second kappa shape index (κ2) is 36.2. The zero-order valence-corrected chi connectivity index (χ0v) is 61.3. The van der Waals surface area contributed by atoms with E-state index in [0.29, 0.717) is 11.3 Å². The quantitative estimate of drug-likeness (QED) is 0.0988. The van der Waals surface area contributed by atoms with Gasteiger partial charge in [-0.3, -0.25) is 4.79 Å². The van der Waals surface area contributed by atoms with E-state index in [4.69, 9.17) is 9.52 Å². The van der Waals surface area contributed by atoms with Crippen LogP contribution in [0, 0.1) is 43.3 Å². The Morgan fingerprint density at radius 2 is 1.30 bits per heavy atom. The minimum Gasteiger partial charge on any atom is -0.514 e. The summed E-state index contributed by atoms with van der Waals surface area (Å²) in [5.74, 6) is -0.0625. The predicted octanol–water partition coefficient (Wildman–Crippen LogP) is 17.3. The molecule has 1 aliphatic carbocycles. The van der Waals surface area contributed by atoms with Crippen molar-refractivity contribution >= 4 is 44.7 Å². The Bertz CT molecular complexity index is 4110. The molecule has 0 atom stereocenters. The Hall–Kier alpha value is -6.89. The molecule has 1 aliphatic heterocycles. The van der Waals surface area contributed by atoms with E-state index in [2.05, 4.69) is 113 Å². The summed E-state index contributed by atoms with van der Waals surface area (Å²) in [6.07, 6.45) is 12.6. The molecule has 4 radical (unpaired) electrons. The largest absolute Gasteiger partial charge is 0.514 e. The molecule has 472 valence electrons. The first kappa shape index (κ1) is 75.6. The van der Waals surface area contributed by atoms with Crippen molar-refractivity contribution in [1.29, 1.82) is 0 Å². The molecular formula is C71H55F3Ir4N7O3PtS-7. The van der Waals surface area contributed by atoms with Crippen LogP contribution in [-0.2, 0) is 118 Å². The number of hydrogen-bond donors (Lipinski definition) is 1. The van der Waals surface area contributed by atoms with Gasteiger partial charge in [0.1, 0.15) is 5.58 Å². The Morgan fingerprint density at radius 3 is 1.84 bits per heavy atom. The number of aliphatic hydroxyl groups excluding tert-OH is 1. The molecule has 10 nitrogen and oxygen atoms in total. The maximum atomic E-state index is 12.3. The molecule has 0 saturated heterocycles. The minimum atomic E-state index is -4.32. The molecule has 0 saturated carbocycles. The monoisotopic (exact) mass is 2110 g/mol. The first-order valence-electron chi connectivity index (χ1n) is 26.7. The van der Waals surface area contributed by atoms with Crippen molar-refractivity contribution in [3.63, 3.8) is 0 Å². The average Bonchev–Trinajstić information content (AvgIpc) is 1.61. The van der Waals surface area contributed by atoms with Crippen molar-refractivity contribution in [2.24, 2.45) is 0 Å². The number of alkyl halides is 3. The summed E-state index contributed by atoms with van der Waals surface area (Å²) in [7, 11) is 2.00. The van der Waals surface area contributed by atoms with Gasteiger partial charge in [0.15, 0.2) is 5.78 Å². The molecule has 1 N–H and O–H groups in total. The topological polar surface area (TPSA) is 113 Å². The summed E-state index contributed by atoms with van der Waals surface area (Å²) >= 11 is 1.66. The number of furan rings is 1. The molecule has 0 spiro atoms. The van der Waals surface area contributed by atoms with Crippen molar-refractivity contribution < 1.29 is 129 Å². The van der Waals surface area contributed by atoms with E-state index >= 15 is 0 Å². The number of pyridine rings is 3. The van der Waals surface area contributed by atoms with Gasteiger partial charge < -0.3 is 43.8 Å². The van der Waals surface area contributed by atoms with Gasteiger partial charge in [0.25, 0.3) is 0 Å². The number of thiophene rings is 1. The van der Waals surface area contributed by atoms with Gasteiger partial charge in [-0.05, 0) is 91.2 Å². The van der Waals surface area contributed by atoms with Gasteiger partial charge in [-0.2, -0.15) is 68.0 Å². The number of para-hydroxylation sites is 1. The molecule has 2 aliphatic rings. The number of hydrogen-bond acceptors (Lipinski definition) is 10. The summed E-state index contributed by atoms with van der Waals surface area (Å²) in [5.41, 5.74) is 12.5. The van der Waals surface area contributed by atoms with E-state index in [1.165, 1.54) is 48.2 Å². The van der Waals surface area contributed by atoms with Crippen LogP contribution in [0.1, 0.15) is 44.4 Å². The number of anilines is 1. The minimum absolute atomic E-state index is 0. The van der Waals surface area contributed by atoms with Gasteiger partial charge in [0.2, 0.25) is 0 Å². The fourth-order valence-corrected chi connectivity index (χ4v) is 9.76. The van der Waals surface area contributed by atoms with Crippen molar-refractivity contribution in [1.82, 2.24) is 29.4 Å². The van der Waals surface area contributed by atoms with Crippen LogP contribution < -0.4 is 4.90 Å². The number of halogens is 3. The molecule has 0 unspecified atom stereocenters. The number of aromatic nitrogens is 5. The van der Waals surface area contributed by atoms with E-state index in [-0.39, 0.29) is 118 Å². The van der Waals surface area contributed by atoms with Crippen molar-refractivity contribution in [3.05, 3.63) is 297 Å². The number of carbonyl (C=O) groups is 1. The second-order valence-electron chi connectivity index (χ2n) is 19.6. The average molecular weight is 2110 g/mol. The SMILES string of the molecule is CC(=O)C=C(C)O.CC1(C)c2ccccc2-c2c[c-]c(-n3[c-]ncc3)cc21.CN1C=CN(c2[c-]ccc3c2oc2ccccc23)[CH-]1.FC(F)(F)c1c[c-]c(-c2ccccn2)cc1.[Ir].[Ir].[Ir].[Ir].[Pt].[c-]1ccccc1-c1ccccn1.[c-]1ccsc1-c1ccccn1. The van der Waals surface area contributed by atoms with Gasteiger partial charge in [-0.15, -0.1) is 82.2 Å². The number of benzene rings is 6. The molecule has 6 aromatic carbocycles. The molecule has 0 amide bonds. The molecule has 7 heterocycles. The van der Waals surface area contributed by atoms with Crippen LogP contribution in [0.4, 0.5) is 18.9 Å². The fourth-order valence-electron chi connectivity index (χ4n) is 9.11. The van der Waals surface area contributed by atoms with Crippen LogP contribution in [0.15, 0.2) is 241 Å². The maximum absolute atomic E-state index is 12.3. The first-order chi connectivity index (χ1) is 41.1. The van der Waals surface area contributed by atoms with Crippen LogP contribution in [0.5, 0.6) is 0 Å². The van der Waals surface area contributed by atoms with Crippen LogP contribution >= 0.6 is 11.3 Å². The zero-order chi connectivity index (χ0) is 59.8. The first-order valence-corrected chi connectivity index (χ1v) is 27.6. The summed E-state index contributed by atoms with van der Waals surface area (Å²) in [5, 5.41) is 12.6. The Balaban J connectivity index is 0.000000234. The Labute approximate surface area is 595 Å². The number of allylic oxidation sites excluding steroid dienone is 2. The van der Waals surface area contributed by atoms with E-state index in [1.807, 2.05) is 149 Å². The number of aliphatic hydroxyl groups is 1. The molecule has 6 aromatic heterocycles. The number of carbonyl (C=O) groups excluding carboxylic acids is 1. The van der Waals surface area contributed by atoms with Crippen LogP contribution in [0.2, 0.25) is 0 Å². The van der Waals surface area contributed by atoms with Crippen LogP contribution in [0.3, 0.4) is 0 Å². The maximum Gasteiger partial charge on any atom is 0.381 e. The molecule has 12 aromatic rings. The third kappa shape index (κ3) is 20.1. The molecule has 0 bridgehead atoms. The van der Waals surface area contributed by atoms with E-state index in [1.54, 1.807) is 54.3 Å². The summed E-state index contributed by atoms with van der Waals surface area (Å²) in [4.78, 5) is 31.6. The molecule has 14 rings (SSSR count). The second-order valence-corrected chi connectivity index (χ2v) is 20.5. The van der Waals surface area contributed by atoms with Crippen LogP contribution in [-0.4, -0.2) is 47.3 Å². The third-order valence-corrected chi connectivity index (χ3v) is 13.9. The third-order valence-electron chi connectivity index (χ3n) is 13.1. The molecular weight excluding hydrogens is 2050 g/mol. The number of imidazole rings is 1. The van der Waals surface area contributed by atoms with Crippen molar-refractivity contribution in [3.8, 4) is 49.9 Å². The summed E-state index contributed by atoms with van der Waals surface area (Å²) in [6.45, 7) is 9.40. The number of rotatable bonds is 6. The number of fused-ring (bicyclic) bond motifs is 6. The zero-order valence-electron chi connectivity index (χ0n) is 48.6.